The summed E-state index contributed by atoms with van der Waals surface area (Å²) in [5.74, 6) is 3.14. The second-order valence-corrected chi connectivity index (χ2v) is 7.66. The minimum absolute atomic E-state index is 0.526. The molecule has 0 atom stereocenters. The topological polar surface area (TPSA) is 40.2 Å². The van der Waals surface area contributed by atoms with E-state index in [-0.39, 0.29) is 0 Å². The summed E-state index contributed by atoms with van der Waals surface area (Å²) in [7, 11) is 5.05. The van der Waals surface area contributed by atoms with E-state index >= 15 is 0 Å². The molecule has 4 rings (SSSR count). The van der Waals surface area contributed by atoms with Gasteiger partial charge in [-0.05, 0) is 41.3 Å². The van der Waals surface area contributed by atoms with Crippen LogP contribution < -0.4 is 18.9 Å². The Hall–Kier alpha value is -3.18. The number of ether oxygens (including phenoxy) is 4. The van der Waals surface area contributed by atoms with Gasteiger partial charge in [-0.3, -0.25) is 4.90 Å². The first-order valence-corrected chi connectivity index (χ1v) is 10.5. The number of hydrogen-bond acceptors (Lipinski definition) is 5. The van der Waals surface area contributed by atoms with Crippen LogP contribution in [0.2, 0.25) is 0 Å². The third-order valence-electron chi connectivity index (χ3n) is 5.69. The highest BCUT2D eigenvalue weighted by Gasteiger charge is 2.21. The van der Waals surface area contributed by atoms with Gasteiger partial charge in [-0.2, -0.15) is 0 Å². The van der Waals surface area contributed by atoms with Crippen molar-refractivity contribution in [2.24, 2.45) is 0 Å². The fraction of sp³-hybridized carbons (Fsp3) is 0.308. The van der Waals surface area contributed by atoms with Gasteiger partial charge in [0.2, 0.25) is 0 Å². The van der Waals surface area contributed by atoms with Crippen molar-refractivity contribution in [2.75, 3.05) is 27.9 Å². The van der Waals surface area contributed by atoms with Gasteiger partial charge >= 0.3 is 0 Å². The van der Waals surface area contributed by atoms with Crippen LogP contribution in [0.3, 0.4) is 0 Å². The van der Waals surface area contributed by atoms with Crippen molar-refractivity contribution in [3.8, 4) is 23.0 Å². The van der Waals surface area contributed by atoms with Crippen LogP contribution in [0.25, 0.3) is 0 Å². The van der Waals surface area contributed by atoms with Gasteiger partial charge in [0, 0.05) is 25.2 Å². The monoisotopic (exact) mass is 419 g/mol. The number of nitrogens with zero attached hydrogens (tertiary/aromatic N) is 1. The summed E-state index contributed by atoms with van der Waals surface area (Å²) in [6, 6.07) is 20.5. The Labute approximate surface area is 184 Å². The molecular formula is C26H29NO4. The summed E-state index contributed by atoms with van der Waals surface area (Å²) < 4.78 is 22.8. The summed E-state index contributed by atoms with van der Waals surface area (Å²) in [6.45, 7) is 3.15. The zero-order valence-electron chi connectivity index (χ0n) is 18.4. The highest BCUT2D eigenvalue weighted by atomic mass is 16.5. The van der Waals surface area contributed by atoms with Gasteiger partial charge < -0.3 is 18.9 Å². The fourth-order valence-electron chi connectivity index (χ4n) is 4.08. The first kappa shape index (κ1) is 21.1. The maximum absolute atomic E-state index is 6.09. The first-order valence-electron chi connectivity index (χ1n) is 10.5. The molecule has 3 aromatic rings. The molecule has 0 N–H and O–H groups in total. The minimum Gasteiger partial charge on any atom is -0.493 e. The summed E-state index contributed by atoms with van der Waals surface area (Å²) >= 11 is 0. The van der Waals surface area contributed by atoms with Crippen LogP contribution in [0.1, 0.15) is 22.3 Å². The molecule has 0 saturated heterocycles. The normalized spacial score (nSPS) is 13.4. The van der Waals surface area contributed by atoms with E-state index in [4.69, 9.17) is 18.9 Å². The largest absolute Gasteiger partial charge is 0.493 e. The fourth-order valence-corrected chi connectivity index (χ4v) is 4.08. The second-order valence-electron chi connectivity index (χ2n) is 7.66. The van der Waals surface area contributed by atoms with Crippen LogP contribution in [0.4, 0.5) is 0 Å². The Balaban J connectivity index is 1.49. The number of rotatable bonds is 8. The lowest BCUT2D eigenvalue weighted by molar-refractivity contribution is 0.237. The molecule has 0 aliphatic carbocycles. The lowest BCUT2D eigenvalue weighted by Crippen LogP contribution is -2.30. The van der Waals surface area contributed by atoms with Gasteiger partial charge in [-0.25, -0.2) is 0 Å². The molecule has 0 fully saturated rings. The van der Waals surface area contributed by atoms with Crippen molar-refractivity contribution in [2.45, 2.75) is 26.1 Å². The Bertz CT molecular complexity index is 1020. The van der Waals surface area contributed by atoms with Crippen LogP contribution in [0.15, 0.2) is 60.7 Å². The lowest BCUT2D eigenvalue weighted by Gasteiger charge is -2.30. The molecule has 0 unspecified atom stereocenters. The van der Waals surface area contributed by atoms with Crippen molar-refractivity contribution in [3.05, 3.63) is 82.9 Å². The highest BCUT2D eigenvalue weighted by molar-refractivity contribution is 5.49. The summed E-state index contributed by atoms with van der Waals surface area (Å²) in [5, 5.41) is 0. The van der Waals surface area contributed by atoms with E-state index in [1.54, 1.807) is 21.3 Å². The van der Waals surface area contributed by atoms with Crippen LogP contribution in [-0.2, 0) is 26.1 Å². The van der Waals surface area contributed by atoms with Crippen molar-refractivity contribution in [3.63, 3.8) is 0 Å². The maximum atomic E-state index is 6.09. The van der Waals surface area contributed by atoms with Gasteiger partial charge in [0.05, 0.1) is 21.3 Å². The Morgan fingerprint density at radius 1 is 0.774 bits per heavy atom. The van der Waals surface area contributed by atoms with E-state index in [9.17, 15) is 0 Å². The average molecular weight is 420 g/mol. The maximum Gasteiger partial charge on any atom is 0.165 e. The molecule has 1 heterocycles. The van der Waals surface area contributed by atoms with Crippen LogP contribution in [-0.4, -0.2) is 32.8 Å². The van der Waals surface area contributed by atoms with E-state index in [1.165, 1.54) is 11.1 Å². The van der Waals surface area contributed by atoms with E-state index in [0.29, 0.717) is 6.61 Å². The molecule has 1 aliphatic rings. The molecule has 0 amide bonds. The number of fused-ring (bicyclic) bond motifs is 1. The smallest absolute Gasteiger partial charge is 0.165 e. The molecule has 162 valence electrons. The molecule has 5 nitrogen and oxygen atoms in total. The SMILES string of the molecule is COc1cc2c(cc1OCc1ccccc1)CCN(Cc1cccc(OC)c1OC)C2. The van der Waals surface area contributed by atoms with Gasteiger partial charge in [-0.1, -0.05) is 42.5 Å². The zero-order valence-corrected chi connectivity index (χ0v) is 18.4. The number of methoxy groups -OCH3 is 3. The van der Waals surface area contributed by atoms with Crippen LogP contribution in [0.5, 0.6) is 23.0 Å². The minimum atomic E-state index is 0.526. The van der Waals surface area contributed by atoms with Crippen molar-refractivity contribution < 1.29 is 18.9 Å². The third-order valence-corrected chi connectivity index (χ3v) is 5.69. The number of benzene rings is 3. The second kappa shape index (κ2) is 9.75. The third kappa shape index (κ3) is 4.78. The molecule has 0 aromatic heterocycles. The summed E-state index contributed by atoms with van der Waals surface area (Å²) in [6.07, 6.45) is 0.966. The first-order chi connectivity index (χ1) is 15.2. The molecule has 1 aliphatic heterocycles. The van der Waals surface area contributed by atoms with E-state index in [2.05, 4.69) is 35.2 Å². The standard InChI is InChI=1S/C26H29NO4/c1-28-23-11-7-10-21(26(23)30-3)16-27-13-12-20-14-25(24(29-2)15-22(20)17-27)31-18-19-8-5-4-6-9-19/h4-11,14-15H,12-13,16-18H2,1-3H3. The quantitative estimate of drug-likeness (QED) is 0.522. The number of hydrogen-bond donors (Lipinski definition) is 0. The summed E-state index contributed by atoms with van der Waals surface area (Å²) in [5.41, 5.74) is 4.86. The molecule has 3 aromatic carbocycles. The van der Waals surface area contributed by atoms with Gasteiger partial charge in [0.25, 0.3) is 0 Å². The predicted octanol–water partition coefficient (Wildman–Crippen LogP) is 4.85. The molecule has 0 radical (unpaired) electrons. The zero-order chi connectivity index (χ0) is 21.6. The molecule has 0 spiro atoms. The van der Waals surface area contributed by atoms with Crippen molar-refractivity contribution in [1.82, 2.24) is 4.90 Å². The Kier molecular flexibility index (Phi) is 6.63. The van der Waals surface area contributed by atoms with Crippen LogP contribution in [0, 0.1) is 0 Å². The molecule has 31 heavy (non-hydrogen) atoms. The predicted molar refractivity (Wildman–Crippen MR) is 121 cm³/mol. The van der Waals surface area contributed by atoms with Gasteiger partial charge in [0.15, 0.2) is 23.0 Å². The van der Waals surface area contributed by atoms with E-state index in [1.807, 2.05) is 30.3 Å². The average Bonchev–Trinajstić information content (AvgIpc) is 2.82. The highest BCUT2D eigenvalue weighted by Crippen LogP contribution is 2.36. The number of para-hydroxylation sites is 1. The molecular weight excluding hydrogens is 390 g/mol. The van der Waals surface area contributed by atoms with Gasteiger partial charge in [-0.15, -0.1) is 0 Å². The van der Waals surface area contributed by atoms with Crippen molar-refractivity contribution in [1.29, 1.82) is 0 Å². The summed E-state index contributed by atoms with van der Waals surface area (Å²) in [4.78, 5) is 2.42. The Morgan fingerprint density at radius 3 is 2.29 bits per heavy atom. The molecule has 5 heteroatoms. The van der Waals surface area contributed by atoms with E-state index < -0.39 is 0 Å². The van der Waals surface area contributed by atoms with Gasteiger partial charge in [0.1, 0.15) is 6.61 Å². The van der Waals surface area contributed by atoms with Crippen molar-refractivity contribution >= 4 is 0 Å². The molecule has 0 bridgehead atoms. The van der Waals surface area contributed by atoms with Crippen LogP contribution >= 0.6 is 0 Å². The lowest BCUT2D eigenvalue weighted by atomic mass is 9.98. The van der Waals surface area contributed by atoms with E-state index in [0.717, 1.165) is 60.2 Å². The Morgan fingerprint density at radius 2 is 1.55 bits per heavy atom. The molecule has 0 saturated carbocycles.